The minimum Gasteiger partial charge on any atom is -0.468 e. The van der Waals surface area contributed by atoms with Gasteiger partial charge in [-0.2, -0.15) is 4.98 Å². The fourth-order valence-corrected chi connectivity index (χ4v) is 1.08. The molecule has 2 unspecified atom stereocenters. The lowest BCUT2D eigenvalue weighted by Gasteiger charge is -2.11. The van der Waals surface area contributed by atoms with Gasteiger partial charge in [0.2, 0.25) is 0 Å². The van der Waals surface area contributed by atoms with Crippen LogP contribution in [0.15, 0.2) is 0 Å². The number of rotatable bonds is 3. The first-order chi connectivity index (χ1) is 6.06. The van der Waals surface area contributed by atoms with E-state index in [4.69, 9.17) is 10.5 Å². The summed E-state index contributed by atoms with van der Waals surface area (Å²) < 4.78 is 4.89. The summed E-state index contributed by atoms with van der Waals surface area (Å²) >= 11 is 0. The Kier molecular flexibility index (Phi) is 2.90. The third kappa shape index (κ3) is 1.99. The fraction of sp³-hybridized carbons (Fsp3) is 0.625. The summed E-state index contributed by atoms with van der Waals surface area (Å²) in [6.45, 7) is 3.54. The fourth-order valence-electron chi connectivity index (χ4n) is 1.08. The van der Waals surface area contributed by atoms with Crippen molar-refractivity contribution in [2.45, 2.75) is 26.0 Å². The van der Waals surface area contributed by atoms with Gasteiger partial charge in [0.1, 0.15) is 6.10 Å². The predicted molar refractivity (Wildman–Crippen MR) is 48.5 cm³/mol. The SMILES string of the molecule is COc1nc(C(O)C(C)N)c(C)[nH]1. The van der Waals surface area contributed by atoms with Crippen molar-refractivity contribution in [3.63, 3.8) is 0 Å². The maximum atomic E-state index is 9.62. The second kappa shape index (κ2) is 3.76. The zero-order valence-electron chi connectivity index (χ0n) is 8.03. The van der Waals surface area contributed by atoms with Crippen molar-refractivity contribution in [2.24, 2.45) is 5.73 Å². The van der Waals surface area contributed by atoms with Crippen LogP contribution in [0.25, 0.3) is 0 Å². The molecule has 1 aromatic rings. The van der Waals surface area contributed by atoms with Gasteiger partial charge in [-0.3, -0.25) is 0 Å². The van der Waals surface area contributed by atoms with E-state index in [9.17, 15) is 5.11 Å². The standard InChI is InChI=1S/C8H15N3O2/c1-4(9)7(12)6-5(2)10-8(11-6)13-3/h4,7,12H,9H2,1-3H3,(H,10,11). The molecule has 0 saturated carbocycles. The van der Waals surface area contributed by atoms with Crippen LogP contribution in [0, 0.1) is 6.92 Å². The van der Waals surface area contributed by atoms with E-state index in [1.165, 1.54) is 7.11 Å². The molecule has 13 heavy (non-hydrogen) atoms. The van der Waals surface area contributed by atoms with Gasteiger partial charge >= 0.3 is 0 Å². The number of hydrogen-bond donors (Lipinski definition) is 3. The predicted octanol–water partition coefficient (Wildman–Crippen LogP) is 0.107. The molecule has 0 bridgehead atoms. The van der Waals surface area contributed by atoms with Crippen molar-refractivity contribution < 1.29 is 9.84 Å². The summed E-state index contributed by atoms with van der Waals surface area (Å²) in [7, 11) is 1.51. The Morgan fingerprint density at radius 3 is 2.62 bits per heavy atom. The second-order valence-electron chi connectivity index (χ2n) is 3.06. The van der Waals surface area contributed by atoms with Gasteiger partial charge in [-0.15, -0.1) is 0 Å². The molecule has 2 atom stereocenters. The molecule has 0 aromatic carbocycles. The number of imidazole rings is 1. The number of aliphatic hydroxyl groups excluding tert-OH is 1. The Bertz CT molecular complexity index is 283. The number of aromatic amines is 1. The van der Waals surface area contributed by atoms with E-state index in [-0.39, 0.29) is 6.04 Å². The van der Waals surface area contributed by atoms with Gasteiger partial charge in [0.05, 0.1) is 12.8 Å². The number of H-pyrrole nitrogens is 1. The summed E-state index contributed by atoms with van der Waals surface area (Å²) in [4.78, 5) is 6.92. The van der Waals surface area contributed by atoms with E-state index >= 15 is 0 Å². The van der Waals surface area contributed by atoms with Crippen LogP contribution in [0.1, 0.15) is 24.4 Å². The molecule has 0 aliphatic heterocycles. The van der Waals surface area contributed by atoms with Crippen molar-refractivity contribution in [1.82, 2.24) is 9.97 Å². The lowest BCUT2D eigenvalue weighted by atomic mass is 10.1. The largest absolute Gasteiger partial charge is 0.468 e. The van der Waals surface area contributed by atoms with Gasteiger partial charge in [0, 0.05) is 11.7 Å². The number of methoxy groups -OCH3 is 1. The molecule has 4 N–H and O–H groups in total. The molecule has 0 aliphatic carbocycles. The smallest absolute Gasteiger partial charge is 0.293 e. The van der Waals surface area contributed by atoms with Crippen LogP contribution in [0.5, 0.6) is 6.01 Å². The van der Waals surface area contributed by atoms with Gasteiger partial charge in [0.25, 0.3) is 6.01 Å². The van der Waals surface area contributed by atoms with Crippen LogP contribution in [0.2, 0.25) is 0 Å². The van der Waals surface area contributed by atoms with Crippen molar-refractivity contribution in [2.75, 3.05) is 7.11 Å². The second-order valence-corrected chi connectivity index (χ2v) is 3.06. The molecule has 0 fully saturated rings. The quantitative estimate of drug-likeness (QED) is 0.624. The van der Waals surface area contributed by atoms with Gasteiger partial charge < -0.3 is 20.6 Å². The van der Waals surface area contributed by atoms with Gasteiger partial charge in [0.15, 0.2) is 0 Å². The summed E-state index contributed by atoms with van der Waals surface area (Å²) in [5.41, 5.74) is 6.87. The average Bonchev–Trinajstić information content (AvgIpc) is 2.45. The lowest BCUT2D eigenvalue weighted by molar-refractivity contribution is 0.148. The molecular weight excluding hydrogens is 170 g/mol. The zero-order chi connectivity index (χ0) is 10.0. The van der Waals surface area contributed by atoms with Gasteiger partial charge in [-0.1, -0.05) is 0 Å². The number of nitrogens with zero attached hydrogens (tertiary/aromatic N) is 1. The number of aromatic nitrogens is 2. The zero-order valence-corrected chi connectivity index (χ0v) is 8.03. The number of nitrogens with two attached hydrogens (primary N) is 1. The third-order valence-corrected chi connectivity index (χ3v) is 1.87. The van der Waals surface area contributed by atoms with E-state index < -0.39 is 6.10 Å². The molecule has 1 heterocycles. The number of hydrogen-bond acceptors (Lipinski definition) is 4. The van der Waals surface area contributed by atoms with Crippen LogP contribution in [-0.2, 0) is 0 Å². The van der Waals surface area contributed by atoms with Crippen molar-refractivity contribution in [3.05, 3.63) is 11.4 Å². The molecule has 0 saturated heterocycles. The Labute approximate surface area is 76.9 Å². The highest BCUT2D eigenvalue weighted by Crippen LogP contribution is 2.19. The summed E-state index contributed by atoms with van der Waals surface area (Å²) in [6.07, 6.45) is -0.750. The first-order valence-electron chi connectivity index (χ1n) is 4.10. The monoisotopic (exact) mass is 185 g/mol. The minimum atomic E-state index is -0.750. The van der Waals surface area contributed by atoms with Crippen LogP contribution in [-0.4, -0.2) is 28.2 Å². The number of aryl methyl sites for hydroxylation is 1. The van der Waals surface area contributed by atoms with Crippen LogP contribution < -0.4 is 10.5 Å². The molecular formula is C8H15N3O2. The molecule has 0 radical (unpaired) electrons. The van der Waals surface area contributed by atoms with Crippen molar-refractivity contribution in [3.8, 4) is 6.01 Å². The molecule has 74 valence electrons. The normalized spacial score (nSPS) is 15.5. The lowest BCUT2D eigenvalue weighted by Crippen LogP contribution is -2.25. The van der Waals surface area contributed by atoms with E-state index in [1.54, 1.807) is 6.92 Å². The first kappa shape index (κ1) is 10.0. The Morgan fingerprint density at radius 2 is 2.23 bits per heavy atom. The number of aliphatic hydroxyl groups is 1. The molecule has 5 heteroatoms. The van der Waals surface area contributed by atoms with E-state index in [2.05, 4.69) is 9.97 Å². The number of nitrogens with one attached hydrogen (secondary N) is 1. The minimum absolute atomic E-state index is 0.341. The topological polar surface area (TPSA) is 84.2 Å². The molecule has 0 spiro atoms. The molecule has 5 nitrogen and oxygen atoms in total. The number of ether oxygens (including phenoxy) is 1. The van der Waals surface area contributed by atoms with Crippen LogP contribution >= 0.6 is 0 Å². The summed E-state index contributed by atoms with van der Waals surface area (Å²) in [6, 6.07) is 0.0545. The van der Waals surface area contributed by atoms with Crippen LogP contribution in [0.3, 0.4) is 0 Å². The highest BCUT2D eigenvalue weighted by atomic mass is 16.5. The highest BCUT2D eigenvalue weighted by Gasteiger charge is 2.19. The molecule has 1 aromatic heterocycles. The van der Waals surface area contributed by atoms with Gasteiger partial charge in [-0.25, -0.2) is 0 Å². The highest BCUT2D eigenvalue weighted by molar-refractivity contribution is 5.19. The summed E-state index contributed by atoms with van der Waals surface area (Å²) in [5, 5.41) is 9.62. The van der Waals surface area contributed by atoms with E-state index in [1.807, 2.05) is 6.92 Å². The molecule has 0 aliphatic rings. The third-order valence-electron chi connectivity index (χ3n) is 1.87. The Hall–Kier alpha value is -1.07. The molecule has 0 amide bonds. The summed E-state index contributed by atoms with van der Waals surface area (Å²) in [5.74, 6) is 0. The maximum Gasteiger partial charge on any atom is 0.293 e. The van der Waals surface area contributed by atoms with E-state index in [0.29, 0.717) is 11.7 Å². The Balaban J connectivity index is 2.93. The average molecular weight is 185 g/mol. The van der Waals surface area contributed by atoms with Crippen molar-refractivity contribution in [1.29, 1.82) is 0 Å². The van der Waals surface area contributed by atoms with Gasteiger partial charge in [-0.05, 0) is 13.8 Å². The first-order valence-corrected chi connectivity index (χ1v) is 4.10. The Morgan fingerprint density at radius 1 is 1.62 bits per heavy atom. The van der Waals surface area contributed by atoms with E-state index in [0.717, 1.165) is 5.69 Å². The molecule has 1 rings (SSSR count). The van der Waals surface area contributed by atoms with Crippen LogP contribution in [0.4, 0.5) is 0 Å². The van der Waals surface area contributed by atoms with Crippen molar-refractivity contribution >= 4 is 0 Å². The maximum absolute atomic E-state index is 9.62.